The maximum atomic E-state index is 11.4. The first kappa shape index (κ1) is 26.7. The highest BCUT2D eigenvalue weighted by atomic mass is 31.2. The van der Waals surface area contributed by atoms with Crippen LogP contribution in [0.2, 0.25) is 0 Å². The molecular weight excluding hydrogens is 428 g/mol. The van der Waals surface area contributed by atoms with Gasteiger partial charge in [-0.1, -0.05) is 40.2 Å². The van der Waals surface area contributed by atoms with Crippen LogP contribution in [0.1, 0.15) is 59.1 Å². The summed E-state index contributed by atoms with van der Waals surface area (Å²) in [6, 6.07) is 0. The molecule has 0 radical (unpaired) electrons. The predicted octanol–water partition coefficient (Wildman–Crippen LogP) is 3.92. The summed E-state index contributed by atoms with van der Waals surface area (Å²) in [5.74, 6) is 0. The molecule has 0 aromatic carbocycles. The summed E-state index contributed by atoms with van der Waals surface area (Å²) >= 11 is 0. The molecule has 0 saturated carbocycles. The Morgan fingerprint density at radius 3 is 2.03 bits per heavy atom. The normalized spacial score (nSPS) is 13.8. The molecule has 0 bridgehead atoms. The van der Waals surface area contributed by atoms with Crippen LogP contribution in [0.25, 0.3) is 0 Å². The Kier molecular flexibility index (Phi) is 10.6. The fourth-order valence-corrected chi connectivity index (χ4v) is 5.15. The summed E-state index contributed by atoms with van der Waals surface area (Å²) in [6.07, 6.45) is 11.3. The third kappa shape index (κ3) is 10.6. The zero-order chi connectivity index (χ0) is 22.9. The number of hydrogen-bond donors (Lipinski definition) is 4. The zero-order valence-corrected chi connectivity index (χ0v) is 19.8. The number of hydrogen-bond acceptors (Lipinski definition) is 4. The molecule has 0 fully saturated rings. The topological polar surface area (TPSA) is 146 Å². The van der Waals surface area contributed by atoms with E-state index < -0.39 is 27.0 Å². The highest BCUT2D eigenvalue weighted by Gasteiger charge is 2.43. The molecule has 0 aliphatic heterocycles. The van der Waals surface area contributed by atoms with Crippen molar-refractivity contribution in [2.75, 3.05) is 0 Å². The largest absolute Gasteiger partial charge is 0.341 e. The lowest BCUT2D eigenvalue weighted by atomic mass is 10.1. The van der Waals surface area contributed by atoms with Gasteiger partial charge in [0.15, 0.2) is 5.40 Å². The average molecular weight is 461 g/mol. The van der Waals surface area contributed by atoms with Crippen LogP contribution in [0.5, 0.6) is 0 Å². The maximum absolute atomic E-state index is 11.4. The SMILES string of the molecule is CC(C)=CCC/C(C)=C/CCC(C)=CCn1cc(CC(P(=O)(O)O)P(=O)(O)O)nn1. The van der Waals surface area contributed by atoms with Crippen LogP contribution in [-0.4, -0.2) is 40.0 Å². The monoisotopic (exact) mass is 461 g/mol. The van der Waals surface area contributed by atoms with Gasteiger partial charge in [0, 0.05) is 12.6 Å². The Hall–Kier alpha value is -1.34. The summed E-state index contributed by atoms with van der Waals surface area (Å²) in [7, 11) is -9.96. The first-order chi connectivity index (χ1) is 13.8. The van der Waals surface area contributed by atoms with E-state index in [1.807, 2.05) is 13.0 Å². The van der Waals surface area contributed by atoms with Gasteiger partial charge in [-0.15, -0.1) is 5.10 Å². The molecule has 11 heteroatoms. The van der Waals surface area contributed by atoms with Crippen molar-refractivity contribution in [1.82, 2.24) is 15.0 Å². The van der Waals surface area contributed by atoms with Crippen LogP contribution in [0, 0.1) is 0 Å². The maximum Gasteiger partial charge on any atom is 0.341 e. The summed E-state index contributed by atoms with van der Waals surface area (Å²) in [6.45, 7) is 8.76. The molecule has 0 atom stereocenters. The Morgan fingerprint density at radius 2 is 1.50 bits per heavy atom. The van der Waals surface area contributed by atoms with Crippen molar-refractivity contribution in [3.8, 4) is 0 Å². The summed E-state index contributed by atoms with van der Waals surface area (Å²) in [5, 5.41) is 5.52. The fraction of sp³-hybridized carbons (Fsp3) is 0.579. The van der Waals surface area contributed by atoms with Crippen molar-refractivity contribution in [1.29, 1.82) is 0 Å². The van der Waals surface area contributed by atoms with Crippen LogP contribution in [0.15, 0.2) is 41.1 Å². The van der Waals surface area contributed by atoms with Gasteiger partial charge in [0.1, 0.15) is 0 Å². The molecule has 0 saturated heterocycles. The molecule has 0 amide bonds. The van der Waals surface area contributed by atoms with Gasteiger partial charge in [0.05, 0.1) is 12.2 Å². The minimum absolute atomic E-state index is 0.118. The fourth-order valence-electron chi connectivity index (χ4n) is 2.73. The van der Waals surface area contributed by atoms with Crippen molar-refractivity contribution < 1.29 is 28.7 Å². The lowest BCUT2D eigenvalue weighted by molar-refractivity contribution is 0.337. The van der Waals surface area contributed by atoms with Gasteiger partial charge < -0.3 is 19.6 Å². The van der Waals surface area contributed by atoms with Crippen molar-refractivity contribution in [2.45, 2.75) is 71.7 Å². The van der Waals surface area contributed by atoms with Gasteiger partial charge in [0.2, 0.25) is 0 Å². The van der Waals surface area contributed by atoms with E-state index in [9.17, 15) is 28.7 Å². The van der Waals surface area contributed by atoms with Crippen molar-refractivity contribution in [3.63, 3.8) is 0 Å². The quantitative estimate of drug-likeness (QED) is 0.271. The Labute approximate surface area is 177 Å². The lowest BCUT2D eigenvalue weighted by Crippen LogP contribution is -2.13. The van der Waals surface area contributed by atoms with Gasteiger partial charge in [-0.2, -0.15) is 0 Å². The van der Waals surface area contributed by atoms with Crippen LogP contribution < -0.4 is 0 Å². The van der Waals surface area contributed by atoms with Gasteiger partial charge in [-0.05, 0) is 53.4 Å². The molecule has 1 heterocycles. The molecule has 0 unspecified atom stereocenters. The van der Waals surface area contributed by atoms with Gasteiger partial charge in [-0.25, -0.2) is 4.68 Å². The van der Waals surface area contributed by atoms with Crippen LogP contribution >= 0.6 is 15.2 Å². The molecule has 170 valence electrons. The molecule has 4 N–H and O–H groups in total. The molecule has 30 heavy (non-hydrogen) atoms. The molecule has 9 nitrogen and oxygen atoms in total. The highest BCUT2D eigenvalue weighted by molar-refractivity contribution is 7.70. The highest BCUT2D eigenvalue weighted by Crippen LogP contribution is 2.60. The third-order valence-corrected chi connectivity index (χ3v) is 8.23. The van der Waals surface area contributed by atoms with E-state index in [2.05, 4.69) is 43.2 Å². The second-order valence-corrected chi connectivity index (χ2v) is 11.8. The molecule has 1 rings (SSSR count). The van der Waals surface area contributed by atoms with Gasteiger partial charge in [-0.3, -0.25) is 9.13 Å². The van der Waals surface area contributed by atoms with Gasteiger partial charge in [0.25, 0.3) is 0 Å². The Balaban J connectivity index is 2.58. The summed E-state index contributed by atoms with van der Waals surface area (Å²) in [5.41, 5.74) is 3.99. The van der Waals surface area contributed by atoms with Crippen molar-refractivity contribution in [3.05, 3.63) is 46.8 Å². The van der Waals surface area contributed by atoms with E-state index >= 15 is 0 Å². The van der Waals surface area contributed by atoms with Crippen LogP contribution in [0.4, 0.5) is 0 Å². The number of rotatable bonds is 12. The molecule has 1 aromatic heterocycles. The zero-order valence-electron chi connectivity index (χ0n) is 18.0. The van der Waals surface area contributed by atoms with E-state index in [0.29, 0.717) is 6.54 Å². The summed E-state index contributed by atoms with van der Waals surface area (Å²) in [4.78, 5) is 36.8. The minimum Gasteiger partial charge on any atom is -0.324 e. The van der Waals surface area contributed by atoms with Crippen LogP contribution in [-0.2, 0) is 22.1 Å². The number of aromatic nitrogens is 3. The van der Waals surface area contributed by atoms with E-state index in [1.54, 1.807) is 0 Å². The summed E-state index contributed by atoms with van der Waals surface area (Å²) < 4.78 is 24.2. The van der Waals surface area contributed by atoms with Crippen LogP contribution in [0.3, 0.4) is 0 Å². The number of nitrogens with zero attached hydrogens (tertiary/aromatic N) is 3. The third-order valence-electron chi connectivity index (χ3n) is 4.50. The molecular formula is C19H33N3O6P2. The van der Waals surface area contributed by atoms with E-state index in [0.717, 1.165) is 25.7 Å². The molecule has 1 aromatic rings. The van der Waals surface area contributed by atoms with E-state index in [-0.39, 0.29) is 5.69 Å². The second-order valence-electron chi connectivity index (χ2n) is 7.75. The lowest BCUT2D eigenvalue weighted by Gasteiger charge is -2.18. The van der Waals surface area contributed by atoms with Crippen molar-refractivity contribution in [2.24, 2.45) is 0 Å². The standard InChI is InChI=1S/C19H33N3O6P2/c1-15(2)7-5-8-16(3)9-6-10-17(4)11-12-22-14-18(20-21-22)13-19(29(23,24)25)30(26,27)28/h7,9,11,14,19H,5-6,8,10,12-13H2,1-4H3,(H2,23,24,25)(H2,26,27,28)/b16-9+,17-11?. The minimum atomic E-state index is -4.98. The average Bonchev–Trinajstić information content (AvgIpc) is 3.03. The molecule has 0 aliphatic rings. The first-order valence-electron chi connectivity index (χ1n) is 9.73. The first-order valence-corrected chi connectivity index (χ1v) is 13.1. The Morgan fingerprint density at radius 1 is 0.967 bits per heavy atom. The predicted molar refractivity (Wildman–Crippen MR) is 117 cm³/mol. The van der Waals surface area contributed by atoms with E-state index in [4.69, 9.17) is 0 Å². The van der Waals surface area contributed by atoms with E-state index in [1.165, 1.54) is 27.6 Å². The molecule has 0 aliphatic carbocycles. The Bertz CT molecular complexity index is 853. The van der Waals surface area contributed by atoms with Gasteiger partial charge >= 0.3 is 15.2 Å². The molecule has 0 spiro atoms. The number of allylic oxidation sites excluding steroid dienone is 6. The second kappa shape index (κ2) is 11.9. The smallest absolute Gasteiger partial charge is 0.324 e. The van der Waals surface area contributed by atoms with Crippen molar-refractivity contribution >= 4 is 15.2 Å².